The number of nitrogens with zero attached hydrogens (tertiary/aromatic N) is 4. The third-order valence-corrected chi connectivity index (χ3v) is 7.56. The number of piperazine rings is 1. The minimum absolute atomic E-state index is 0.0214. The van der Waals surface area contributed by atoms with Gasteiger partial charge in [-0.2, -0.15) is 4.31 Å². The van der Waals surface area contributed by atoms with E-state index in [9.17, 15) is 22.8 Å². The lowest BCUT2D eigenvalue weighted by molar-refractivity contribution is -0.121. The number of carbonyl (C=O) groups is 3. The van der Waals surface area contributed by atoms with Crippen LogP contribution in [-0.4, -0.2) is 73.9 Å². The molecule has 0 spiro atoms. The molecule has 3 heterocycles. The van der Waals surface area contributed by atoms with Crippen molar-refractivity contribution < 1.29 is 22.8 Å². The van der Waals surface area contributed by atoms with Gasteiger partial charge in [0.1, 0.15) is 5.82 Å². The summed E-state index contributed by atoms with van der Waals surface area (Å²) in [6.07, 6.45) is 2.08. The van der Waals surface area contributed by atoms with E-state index in [0.29, 0.717) is 37.4 Å². The van der Waals surface area contributed by atoms with Gasteiger partial charge in [0, 0.05) is 57.3 Å². The molecule has 0 atom stereocenters. The lowest BCUT2D eigenvalue weighted by Gasteiger charge is -2.34. The largest absolute Gasteiger partial charge is 0.354 e. The highest BCUT2D eigenvalue weighted by molar-refractivity contribution is 7.89. The highest BCUT2D eigenvalue weighted by Gasteiger charge is 2.30. The zero-order valence-electron chi connectivity index (χ0n) is 18.0. The minimum atomic E-state index is -3.51. The van der Waals surface area contributed by atoms with Gasteiger partial charge in [-0.25, -0.2) is 13.4 Å². The van der Waals surface area contributed by atoms with Crippen molar-refractivity contribution in [2.45, 2.75) is 12.8 Å². The first kappa shape index (κ1) is 22.9. The maximum Gasteiger partial charge on any atom is 0.251 e. The fraction of sp³-hybridized carbons (Fsp3) is 0.364. The summed E-state index contributed by atoms with van der Waals surface area (Å²) in [5, 5.41) is 2.62. The van der Waals surface area contributed by atoms with Crippen molar-refractivity contribution in [1.29, 1.82) is 0 Å². The highest BCUT2D eigenvalue weighted by atomic mass is 32.2. The average molecular weight is 472 g/mol. The third kappa shape index (κ3) is 5.20. The smallest absolute Gasteiger partial charge is 0.251 e. The second kappa shape index (κ2) is 9.67. The molecule has 1 N–H and O–H groups in total. The molecule has 1 aromatic heterocycles. The Kier molecular flexibility index (Phi) is 6.70. The van der Waals surface area contributed by atoms with Gasteiger partial charge in [0.05, 0.1) is 11.4 Å². The molecule has 0 saturated carbocycles. The molecule has 0 unspecified atom stereocenters. The second-order valence-electron chi connectivity index (χ2n) is 7.82. The van der Waals surface area contributed by atoms with Crippen LogP contribution in [0.4, 0.5) is 11.5 Å². The standard InChI is InChI=1S/C22H25N5O5S/c28-20-8-9-21(29)27(20)18-6-4-17(5-7-18)22(30)24-11-16-33(31,32)26-14-12-25(13-15-26)19-3-1-2-10-23-19/h1-7,10H,8-9,11-16H2,(H,24,30). The van der Waals surface area contributed by atoms with Crippen LogP contribution in [0.1, 0.15) is 23.2 Å². The van der Waals surface area contributed by atoms with Crippen molar-refractivity contribution in [3.05, 3.63) is 54.2 Å². The number of carbonyl (C=O) groups excluding carboxylic acids is 3. The van der Waals surface area contributed by atoms with Crippen LogP contribution in [0, 0.1) is 0 Å². The lowest BCUT2D eigenvalue weighted by atomic mass is 10.2. The molecule has 2 fully saturated rings. The first-order valence-electron chi connectivity index (χ1n) is 10.7. The number of amides is 3. The van der Waals surface area contributed by atoms with E-state index in [1.807, 2.05) is 23.1 Å². The molecule has 33 heavy (non-hydrogen) atoms. The maximum absolute atomic E-state index is 12.7. The summed E-state index contributed by atoms with van der Waals surface area (Å²) in [4.78, 5) is 43.5. The maximum atomic E-state index is 12.7. The highest BCUT2D eigenvalue weighted by Crippen LogP contribution is 2.22. The Labute approximate surface area is 192 Å². The van der Waals surface area contributed by atoms with Crippen LogP contribution in [0.5, 0.6) is 0 Å². The van der Waals surface area contributed by atoms with Gasteiger partial charge in [-0.05, 0) is 36.4 Å². The summed E-state index contributed by atoms with van der Waals surface area (Å²) in [5.41, 5.74) is 0.741. The Balaban J connectivity index is 1.26. The number of aromatic nitrogens is 1. The van der Waals surface area contributed by atoms with Gasteiger partial charge in [0.15, 0.2) is 0 Å². The number of imide groups is 1. The van der Waals surface area contributed by atoms with E-state index < -0.39 is 15.9 Å². The Morgan fingerprint density at radius 2 is 1.61 bits per heavy atom. The van der Waals surface area contributed by atoms with Crippen LogP contribution in [0.15, 0.2) is 48.7 Å². The SMILES string of the molecule is O=C(NCCS(=O)(=O)N1CCN(c2ccccn2)CC1)c1ccc(N2C(=O)CCC2=O)cc1. The number of anilines is 2. The molecule has 2 saturated heterocycles. The van der Waals surface area contributed by atoms with E-state index >= 15 is 0 Å². The molecule has 3 amide bonds. The molecule has 10 nitrogen and oxygen atoms in total. The van der Waals surface area contributed by atoms with E-state index in [0.717, 1.165) is 10.7 Å². The molecule has 2 aromatic rings. The fourth-order valence-corrected chi connectivity index (χ4v) is 5.23. The molecule has 0 bridgehead atoms. The van der Waals surface area contributed by atoms with Gasteiger partial charge in [0.2, 0.25) is 21.8 Å². The zero-order valence-corrected chi connectivity index (χ0v) is 18.8. The van der Waals surface area contributed by atoms with Gasteiger partial charge in [-0.1, -0.05) is 6.07 Å². The molecule has 11 heteroatoms. The van der Waals surface area contributed by atoms with Crippen LogP contribution in [0.25, 0.3) is 0 Å². The summed E-state index contributed by atoms with van der Waals surface area (Å²) in [6.45, 7) is 1.81. The lowest BCUT2D eigenvalue weighted by Crippen LogP contribution is -2.50. The molecule has 174 valence electrons. The quantitative estimate of drug-likeness (QED) is 0.588. The van der Waals surface area contributed by atoms with Gasteiger partial charge in [0.25, 0.3) is 5.91 Å². The van der Waals surface area contributed by atoms with Crippen molar-refractivity contribution in [3.8, 4) is 0 Å². The van der Waals surface area contributed by atoms with E-state index in [4.69, 9.17) is 0 Å². The summed E-state index contributed by atoms with van der Waals surface area (Å²) in [7, 11) is -3.51. The van der Waals surface area contributed by atoms with E-state index in [1.54, 1.807) is 6.20 Å². The van der Waals surface area contributed by atoms with Gasteiger partial charge >= 0.3 is 0 Å². The number of rotatable bonds is 7. The van der Waals surface area contributed by atoms with E-state index in [2.05, 4.69) is 10.3 Å². The minimum Gasteiger partial charge on any atom is -0.354 e. The number of benzene rings is 1. The van der Waals surface area contributed by atoms with Gasteiger partial charge < -0.3 is 10.2 Å². The number of pyridine rings is 1. The van der Waals surface area contributed by atoms with Crippen molar-refractivity contribution in [3.63, 3.8) is 0 Å². The molecular weight excluding hydrogens is 446 g/mol. The first-order chi connectivity index (χ1) is 15.8. The van der Waals surface area contributed by atoms with Crippen LogP contribution < -0.4 is 15.1 Å². The number of nitrogens with one attached hydrogen (secondary N) is 1. The summed E-state index contributed by atoms with van der Waals surface area (Å²) in [6, 6.07) is 11.7. The second-order valence-corrected chi connectivity index (χ2v) is 9.90. The summed E-state index contributed by atoms with van der Waals surface area (Å²) >= 11 is 0. The van der Waals surface area contributed by atoms with Crippen molar-refractivity contribution in [2.24, 2.45) is 0 Å². The number of hydrogen-bond donors (Lipinski definition) is 1. The molecule has 2 aliphatic rings. The molecule has 2 aliphatic heterocycles. The van der Waals surface area contributed by atoms with Crippen LogP contribution in [-0.2, 0) is 19.6 Å². The normalized spacial score (nSPS) is 17.5. The van der Waals surface area contributed by atoms with Gasteiger partial charge in [-0.3, -0.25) is 19.3 Å². The predicted octanol–water partition coefficient (Wildman–Crippen LogP) is 0.617. The van der Waals surface area contributed by atoms with Crippen molar-refractivity contribution in [1.82, 2.24) is 14.6 Å². The third-order valence-electron chi connectivity index (χ3n) is 5.69. The molecule has 0 radical (unpaired) electrons. The molecule has 4 rings (SSSR count). The topological polar surface area (TPSA) is 120 Å². The fourth-order valence-electron chi connectivity index (χ4n) is 3.89. The molecule has 1 aromatic carbocycles. The average Bonchev–Trinajstić information content (AvgIpc) is 3.17. The number of hydrogen-bond acceptors (Lipinski definition) is 7. The summed E-state index contributed by atoms with van der Waals surface area (Å²) < 4.78 is 26.8. The Morgan fingerprint density at radius 3 is 2.21 bits per heavy atom. The zero-order chi connectivity index (χ0) is 23.4. The predicted molar refractivity (Wildman–Crippen MR) is 122 cm³/mol. The Morgan fingerprint density at radius 1 is 0.939 bits per heavy atom. The van der Waals surface area contributed by atoms with Crippen molar-refractivity contribution in [2.75, 3.05) is 48.3 Å². The molecule has 0 aliphatic carbocycles. The van der Waals surface area contributed by atoms with E-state index in [1.165, 1.54) is 28.6 Å². The molecular formula is C22H25N5O5S. The summed E-state index contributed by atoms with van der Waals surface area (Å²) in [5.74, 6) is -0.314. The Bertz CT molecular complexity index is 1110. The van der Waals surface area contributed by atoms with Crippen LogP contribution >= 0.6 is 0 Å². The monoisotopic (exact) mass is 471 g/mol. The van der Waals surface area contributed by atoms with Gasteiger partial charge in [-0.15, -0.1) is 0 Å². The van der Waals surface area contributed by atoms with Crippen molar-refractivity contribution >= 4 is 39.3 Å². The van der Waals surface area contributed by atoms with Crippen LogP contribution in [0.2, 0.25) is 0 Å². The number of sulfonamides is 1. The van der Waals surface area contributed by atoms with E-state index in [-0.39, 0.29) is 37.0 Å². The van der Waals surface area contributed by atoms with Crippen LogP contribution in [0.3, 0.4) is 0 Å². The Hall–Kier alpha value is -3.31. The first-order valence-corrected chi connectivity index (χ1v) is 12.3.